The normalized spacial score (nSPS) is 12.7. The zero-order chi connectivity index (χ0) is 18.5. The van der Waals surface area contributed by atoms with Gasteiger partial charge in [0.15, 0.2) is 0 Å². The van der Waals surface area contributed by atoms with Crippen molar-refractivity contribution in [3.8, 4) is 5.69 Å². The molecule has 1 amide bonds. The number of hydrogen-bond donors (Lipinski definition) is 1. The Labute approximate surface area is 165 Å². The van der Waals surface area contributed by atoms with Gasteiger partial charge in [0.25, 0.3) is 0 Å². The number of benzene rings is 2. The van der Waals surface area contributed by atoms with Crippen molar-refractivity contribution in [1.82, 2.24) is 19.7 Å². The minimum absolute atomic E-state index is 0. The molecule has 0 aliphatic carbocycles. The topological polar surface area (TPSA) is 77.0 Å². The molecule has 6 nitrogen and oxygen atoms in total. The van der Waals surface area contributed by atoms with Crippen molar-refractivity contribution in [3.63, 3.8) is 0 Å². The van der Waals surface area contributed by atoms with Gasteiger partial charge in [-0.1, -0.05) is 42.5 Å². The Kier molecular flexibility index (Phi) is 7.10. The standard InChI is InChI=1S/C20H23N5O.ClH/c1-15(16-8-10-18(11-9-16)25-14-22-13-23-25)24(2)20(26)12-19(21)17-6-4-3-5-7-17;/h3-11,13-15,19H,12,21H2,1-2H3;1H. The second-order valence-corrected chi connectivity index (χ2v) is 6.33. The van der Waals surface area contributed by atoms with Gasteiger partial charge < -0.3 is 10.6 Å². The zero-order valence-electron chi connectivity index (χ0n) is 15.4. The fraction of sp³-hybridized carbons (Fsp3) is 0.250. The van der Waals surface area contributed by atoms with Crippen molar-refractivity contribution in [2.75, 3.05) is 7.05 Å². The lowest BCUT2D eigenvalue weighted by Crippen LogP contribution is -2.32. The summed E-state index contributed by atoms with van der Waals surface area (Å²) in [7, 11) is 1.82. The monoisotopic (exact) mass is 385 g/mol. The molecule has 0 spiro atoms. The highest BCUT2D eigenvalue weighted by atomic mass is 35.5. The van der Waals surface area contributed by atoms with Crippen molar-refractivity contribution < 1.29 is 4.79 Å². The van der Waals surface area contributed by atoms with E-state index in [4.69, 9.17) is 5.73 Å². The van der Waals surface area contributed by atoms with Crippen LogP contribution >= 0.6 is 12.4 Å². The van der Waals surface area contributed by atoms with Crippen LogP contribution in [0, 0.1) is 0 Å². The summed E-state index contributed by atoms with van der Waals surface area (Å²) in [6.45, 7) is 2.01. The van der Waals surface area contributed by atoms with Crippen LogP contribution in [0.25, 0.3) is 5.69 Å². The predicted octanol–water partition coefficient (Wildman–Crippen LogP) is 3.30. The van der Waals surface area contributed by atoms with E-state index in [1.54, 1.807) is 15.9 Å². The lowest BCUT2D eigenvalue weighted by atomic mass is 10.0. The Morgan fingerprint density at radius 1 is 1.11 bits per heavy atom. The van der Waals surface area contributed by atoms with E-state index >= 15 is 0 Å². The maximum Gasteiger partial charge on any atom is 0.224 e. The summed E-state index contributed by atoms with van der Waals surface area (Å²) in [6, 6.07) is 17.3. The largest absolute Gasteiger partial charge is 0.339 e. The van der Waals surface area contributed by atoms with Crippen molar-refractivity contribution >= 4 is 18.3 Å². The molecule has 0 aliphatic rings. The van der Waals surface area contributed by atoms with Crippen molar-refractivity contribution in [1.29, 1.82) is 0 Å². The van der Waals surface area contributed by atoms with E-state index in [1.165, 1.54) is 6.33 Å². The van der Waals surface area contributed by atoms with Gasteiger partial charge in [0.2, 0.25) is 5.91 Å². The van der Waals surface area contributed by atoms with Crippen molar-refractivity contribution in [2.24, 2.45) is 5.73 Å². The Hall–Kier alpha value is -2.70. The highest BCUT2D eigenvalue weighted by molar-refractivity contribution is 5.85. The Balaban J connectivity index is 0.00000261. The van der Waals surface area contributed by atoms with Gasteiger partial charge >= 0.3 is 0 Å². The fourth-order valence-electron chi connectivity index (χ4n) is 2.84. The first kappa shape index (κ1) is 20.6. The van der Waals surface area contributed by atoms with Gasteiger partial charge in [0.1, 0.15) is 12.7 Å². The number of amides is 1. The van der Waals surface area contributed by atoms with Gasteiger partial charge in [-0.2, -0.15) is 5.10 Å². The quantitative estimate of drug-likeness (QED) is 0.706. The maximum atomic E-state index is 12.6. The number of hydrogen-bond acceptors (Lipinski definition) is 4. The van der Waals surface area contributed by atoms with E-state index in [1.807, 2.05) is 68.6 Å². The van der Waals surface area contributed by atoms with Gasteiger partial charge in [-0.15, -0.1) is 12.4 Å². The molecule has 2 aromatic carbocycles. The van der Waals surface area contributed by atoms with Crippen molar-refractivity contribution in [2.45, 2.75) is 25.4 Å². The molecule has 0 fully saturated rings. The molecule has 27 heavy (non-hydrogen) atoms. The molecule has 0 saturated heterocycles. The SMILES string of the molecule is CC(c1ccc(-n2cncn2)cc1)N(C)C(=O)CC(N)c1ccccc1.Cl. The van der Waals surface area contributed by atoms with Crippen LogP contribution in [0.4, 0.5) is 0 Å². The number of aromatic nitrogens is 3. The first-order valence-corrected chi connectivity index (χ1v) is 8.57. The minimum Gasteiger partial charge on any atom is -0.339 e. The molecular formula is C20H24ClN5O. The van der Waals surface area contributed by atoms with Crippen LogP contribution in [0.5, 0.6) is 0 Å². The van der Waals surface area contributed by atoms with E-state index in [9.17, 15) is 4.79 Å². The summed E-state index contributed by atoms with van der Waals surface area (Å²) >= 11 is 0. The third-order valence-corrected chi connectivity index (χ3v) is 4.66. The number of nitrogens with two attached hydrogens (primary N) is 1. The Bertz CT molecular complexity index is 837. The molecule has 2 atom stereocenters. The molecule has 0 bridgehead atoms. The summed E-state index contributed by atoms with van der Waals surface area (Å²) in [5.74, 6) is 0.0224. The number of carbonyl (C=O) groups is 1. The summed E-state index contributed by atoms with van der Waals surface area (Å²) in [4.78, 5) is 18.3. The average Bonchev–Trinajstić information content (AvgIpc) is 3.22. The first-order chi connectivity index (χ1) is 12.6. The van der Waals surface area contributed by atoms with E-state index < -0.39 is 0 Å². The van der Waals surface area contributed by atoms with Crippen LogP contribution < -0.4 is 5.73 Å². The zero-order valence-corrected chi connectivity index (χ0v) is 16.2. The molecule has 1 aromatic heterocycles. The highest BCUT2D eigenvalue weighted by Gasteiger charge is 2.20. The lowest BCUT2D eigenvalue weighted by Gasteiger charge is -2.27. The third-order valence-electron chi connectivity index (χ3n) is 4.66. The fourth-order valence-corrected chi connectivity index (χ4v) is 2.84. The predicted molar refractivity (Wildman–Crippen MR) is 108 cm³/mol. The number of rotatable bonds is 6. The van der Waals surface area contributed by atoms with E-state index in [0.717, 1.165) is 16.8 Å². The van der Waals surface area contributed by atoms with Crippen LogP contribution in [0.1, 0.15) is 36.6 Å². The van der Waals surface area contributed by atoms with E-state index in [2.05, 4.69) is 10.1 Å². The number of carbonyl (C=O) groups excluding carboxylic acids is 1. The maximum absolute atomic E-state index is 12.6. The molecule has 0 aliphatic heterocycles. The summed E-state index contributed by atoms with van der Waals surface area (Å²) < 4.78 is 1.70. The molecule has 0 radical (unpaired) electrons. The van der Waals surface area contributed by atoms with Crippen LogP contribution in [-0.2, 0) is 4.79 Å². The van der Waals surface area contributed by atoms with Gasteiger partial charge in [-0.05, 0) is 30.2 Å². The van der Waals surface area contributed by atoms with Gasteiger partial charge in [0, 0.05) is 19.5 Å². The average molecular weight is 386 g/mol. The van der Waals surface area contributed by atoms with Crippen molar-refractivity contribution in [3.05, 3.63) is 78.4 Å². The smallest absolute Gasteiger partial charge is 0.224 e. The molecule has 3 rings (SSSR count). The molecule has 7 heteroatoms. The molecule has 1 heterocycles. The van der Waals surface area contributed by atoms with Crippen LogP contribution in [0.3, 0.4) is 0 Å². The number of nitrogens with zero attached hydrogens (tertiary/aromatic N) is 4. The van der Waals surface area contributed by atoms with E-state index in [-0.39, 0.29) is 36.8 Å². The molecule has 3 aromatic rings. The third kappa shape index (κ3) is 4.93. The summed E-state index contributed by atoms with van der Waals surface area (Å²) in [6.07, 6.45) is 3.43. The second kappa shape index (κ2) is 9.30. The minimum atomic E-state index is -0.298. The Morgan fingerprint density at radius 3 is 2.37 bits per heavy atom. The summed E-state index contributed by atoms with van der Waals surface area (Å²) in [5.41, 5.74) is 9.14. The second-order valence-electron chi connectivity index (χ2n) is 6.33. The molecule has 2 N–H and O–H groups in total. The van der Waals surface area contributed by atoms with Gasteiger partial charge in [-0.25, -0.2) is 9.67 Å². The van der Waals surface area contributed by atoms with Crippen LogP contribution in [0.15, 0.2) is 67.3 Å². The summed E-state index contributed by atoms with van der Waals surface area (Å²) in [5, 5.41) is 4.11. The highest BCUT2D eigenvalue weighted by Crippen LogP contribution is 2.23. The van der Waals surface area contributed by atoms with E-state index in [0.29, 0.717) is 0 Å². The van der Waals surface area contributed by atoms with Crippen LogP contribution in [-0.4, -0.2) is 32.6 Å². The molecule has 2 unspecified atom stereocenters. The first-order valence-electron chi connectivity index (χ1n) is 8.57. The van der Waals surface area contributed by atoms with Gasteiger partial charge in [0.05, 0.1) is 11.7 Å². The Morgan fingerprint density at radius 2 is 1.78 bits per heavy atom. The molecule has 0 saturated carbocycles. The number of halogens is 1. The molecule has 142 valence electrons. The molecular weight excluding hydrogens is 362 g/mol. The van der Waals surface area contributed by atoms with Gasteiger partial charge in [-0.3, -0.25) is 4.79 Å². The lowest BCUT2D eigenvalue weighted by molar-refractivity contribution is -0.132. The van der Waals surface area contributed by atoms with Crippen LogP contribution in [0.2, 0.25) is 0 Å².